The summed E-state index contributed by atoms with van der Waals surface area (Å²) in [4.78, 5) is 16.0. The van der Waals surface area contributed by atoms with E-state index in [-0.39, 0.29) is 17.8 Å². The summed E-state index contributed by atoms with van der Waals surface area (Å²) in [6.07, 6.45) is 2.89. The molecule has 0 radical (unpaired) electrons. The highest BCUT2D eigenvalue weighted by molar-refractivity contribution is 7.89. The number of urea groups is 1. The lowest BCUT2D eigenvalue weighted by Gasteiger charge is -2.31. The molecule has 0 spiro atoms. The molecule has 1 aliphatic rings. The SMILES string of the molecule is CCS(=O)(=O)N1CCC(NC(=O)NCc2ccc(OC)nc2)CC1. The van der Waals surface area contributed by atoms with Crippen molar-refractivity contribution in [2.24, 2.45) is 0 Å². The molecule has 2 N–H and O–H groups in total. The zero-order chi connectivity index (χ0) is 17.6. The molecule has 1 aromatic rings. The summed E-state index contributed by atoms with van der Waals surface area (Å²) in [7, 11) is -1.59. The maximum Gasteiger partial charge on any atom is 0.315 e. The van der Waals surface area contributed by atoms with Crippen LogP contribution < -0.4 is 15.4 Å². The number of aromatic nitrogens is 1. The Morgan fingerprint density at radius 1 is 1.38 bits per heavy atom. The summed E-state index contributed by atoms with van der Waals surface area (Å²) in [6.45, 7) is 2.90. The van der Waals surface area contributed by atoms with E-state index in [1.807, 2.05) is 6.07 Å². The van der Waals surface area contributed by atoms with Crippen molar-refractivity contribution in [3.63, 3.8) is 0 Å². The number of hydrogen-bond acceptors (Lipinski definition) is 5. The van der Waals surface area contributed by atoms with Crippen molar-refractivity contribution in [3.8, 4) is 5.88 Å². The van der Waals surface area contributed by atoms with E-state index in [1.54, 1.807) is 26.3 Å². The van der Waals surface area contributed by atoms with Gasteiger partial charge in [-0.15, -0.1) is 0 Å². The summed E-state index contributed by atoms with van der Waals surface area (Å²) in [5, 5.41) is 5.66. The van der Waals surface area contributed by atoms with Gasteiger partial charge in [-0.1, -0.05) is 6.07 Å². The molecular formula is C15H24N4O4S. The molecule has 0 aromatic carbocycles. The number of carbonyl (C=O) groups excluding carboxylic acids is 1. The predicted molar refractivity (Wildman–Crippen MR) is 90.2 cm³/mol. The number of nitrogens with one attached hydrogen (secondary N) is 2. The Bertz CT molecular complexity index is 640. The molecule has 2 rings (SSSR count). The molecule has 0 aliphatic carbocycles. The van der Waals surface area contributed by atoms with Gasteiger partial charge in [-0.3, -0.25) is 0 Å². The van der Waals surface area contributed by atoms with Gasteiger partial charge in [0.05, 0.1) is 12.9 Å². The third-order valence-electron chi connectivity index (χ3n) is 4.01. The van der Waals surface area contributed by atoms with Gasteiger partial charge < -0.3 is 15.4 Å². The molecular weight excluding hydrogens is 332 g/mol. The van der Waals surface area contributed by atoms with Gasteiger partial charge >= 0.3 is 6.03 Å². The lowest BCUT2D eigenvalue weighted by molar-refractivity contribution is 0.227. The van der Waals surface area contributed by atoms with Crippen LogP contribution in [0.4, 0.5) is 4.79 Å². The maximum atomic E-state index is 11.9. The monoisotopic (exact) mass is 356 g/mol. The first-order chi connectivity index (χ1) is 11.4. The molecule has 0 unspecified atom stereocenters. The highest BCUT2D eigenvalue weighted by atomic mass is 32.2. The molecule has 9 heteroatoms. The molecule has 0 atom stereocenters. The number of nitrogens with zero attached hydrogens (tertiary/aromatic N) is 2. The van der Waals surface area contributed by atoms with Crippen molar-refractivity contribution in [1.29, 1.82) is 0 Å². The largest absolute Gasteiger partial charge is 0.481 e. The van der Waals surface area contributed by atoms with E-state index in [1.165, 1.54) is 4.31 Å². The maximum absolute atomic E-state index is 11.9. The van der Waals surface area contributed by atoms with Crippen LogP contribution in [-0.2, 0) is 16.6 Å². The number of amides is 2. The van der Waals surface area contributed by atoms with Crippen molar-refractivity contribution < 1.29 is 17.9 Å². The molecule has 2 amide bonds. The van der Waals surface area contributed by atoms with Crippen molar-refractivity contribution in [2.75, 3.05) is 26.0 Å². The van der Waals surface area contributed by atoms with E-state index in [0.717, 1.165) is 5.56 Å². The number of pyridine rings is 1. The van der Waals surface area contributed by atoms with Crippen molar-refractivity contribution in [1.82, 2.24) is 19.9 Å². The van der Waals surface area contributed by atoms with Crippen LogP contribution in [0.2, 0.25) is 0 Å². The number of ether oxygens (including phenoxy) is 1. The van der Waals surface area contributed by atoms with Crippen molar-refractivity contribution in [2.45, 2.75) is 32.4 Å². The van der Waals surface area contributed by atoms with Crippen LogP contribution in [-0.4, -0.2) is 55.7 Å². The quantitative estimate of drug-likeness (QED) is 0.782. The average molecular weight is 356 g/mol. The van der Waals surface area contributed by atoms with E-state index in [9.17, 15) is 13.2 Å². The van der Waals surface area contributed by atoms with Gasteiger partial charge in [0.25, 0.3) is 0 Å². The third kappa shape index (κ3) is 5.07. The first-order valence-corrected chi connectivity index (χ1v) is 9.56. The molecule has 1 aliphatic heterocycles. The minimum atomic E-state index is -3.14. The molecule has 0 bridgehead atoms. The summed E-state index contributed by atoms with van der Waals surface area (Å²) >= 11 is 0. The minimum Gasteiger partial charge on any atom is -0.481 e. The Kier molecular flexibility index (Phi) is 6.38. The molecule has 2 heterocycles. The zero-order valence-corrected chi connectivity index (χ0v) is 14.8. The second-order valence-electron chi connectivity index (χ2n) is 5.61. The van der Waals surface area contributed by atoms with Gasteiger partial charge in [0.2, 0.25) is 15.9 Å². The molecule has 8 nitrogen and oxygen atoms in total. The van der Waals surface area contributed by atoms with Gasteiger partial charge in [0, 0.05) is 37.9 Å². The van der Waals surface area contributed by atoms with Crippen molar-refractivity contribution >= 4 is 16.1 Å². The van der Waals surface area contributed by atoms with Crippen LogP contribution in [0.3, 0.4) is 0 Å². The summed E-state index contributed by atoms with van der Waals surface area (Å²) in [6, 6.07) is 3.30. The molecule has 1 aromatic heterocycles. The van der Waals surface area contributed by atoms with Gasteiger partial charge in [-0.05, 0) is 25.3 Å². The lowest BCUT2D eigenvalue weighted by Crippen LogP contribution is -2.49. The third-order valence-corrected chi connectivity index (χ3v) is 5.89. The van der Waals surface area contributed by atoms with Gasteiger partial charge in [-0.25, -0.2) is 22.5 Å². The predicted octanol–water partition coefficient (Wildman–Crippen LogP) is 0.704. The highest BCUT2D eigenvalue weighted by Gasteiger charge is 2.27. The fraction of sp³-hybridized carbons (Fsp3) is 0.600. The Hall–Kier alpha value is -1.87. The topological polar surface area (TPSA) is 101 Å². The Labute approximate surface area is 142 Å². The van der Waals surface area contributed by atoms with Crippen LogP contribution in [0.15, 0.2) is 18.3 Å². The number of carbonyl (C=O) groups is 1. The lowest BCUT2D eigenvalue weighted by atomic mass is 10.1. The van der Waals surface area contributed by atoms with Gasteiger partial charge in [0.1, 0.15) is 0 Å². The second-order valence-corrected chi connectivity index (χ2v) is 7.87. The molecule has 0 saturated carbocycles. The standard InChI is InChI=1S/C15H24N4O4S/c1-3-24(21,22)19-8-6-13(7-9-19)18-15(20)17-11-12-4-5-14(23-2)16-10-12/h4-5,10,13H,3,6-9,11H2,1-2H3,(H2,17,18,20). The van der Waals surface area contributed by atoms with Crippen LogP contribution in [0, 0.1) is 0 Å². The van der Waals surface area contributed by atoms with E-state index in [0.29, 0.717) is 38.4 Å². The van der Waals surface area contributed by atoms with E-state index < -0.39 is 10.0 Å². The summed E-state index contributed by atoms with van der Waals surface area (Å²) in [5.41, 5.74) is 0.870. The van der Waals surface area contributed by atoms with E-state index in [2.05, 4.69) is 15.6 Å². The molecule has 24 heavy (non-hydrogen) atoms. The summed E-state index contributed by atoms with van der Waals surface area (Å²) in [5.74, 6) is 0.638. The number of piperidine rings is 1. The Morgan fingerprint density at radius 2 is 2.08 bits per heavy atom. The van der Waals surface area contributed by atoms with E-state index >= 15 is 0 Å². The normalized spacial score (nSPS) is 16.6. The number of hydrogen-bond donors (Lipinski definition) is 2. The van der Waals surface area contributed by atoms with E-state index in [4.69, 9.17) is 4.74 Å². The Balaban J connectivity index is 1.73. The first kappa shape index (κ1) is 18.5. The van der Waals surface area contributed by atoms with Crippen molar-refractivity contribution in [3.05, 3.63) is 23.9 Å². The van der Waals surface area contributed by atoms with Gasteiger partial charge in [0.15, 0.2) is 0 Å². The fourth-order valence-corrected chi connectivity index (χ4v) is 3.65. The van der Waals surface area contributed by atoms with Crippen LogP contribution in [0.25, 0.3) is 0 Å². The molecule has 1 fully saturated rings. The number of methoxy groups -OCH3 is 1. The summed E-state index contributed by atoms with van der Waals surface area (Å²) < 4.78 is 30.1. The first-order valence-electron chi connectivity index (χ1n) is 7.95. The fourth-order valence-electron chi connectivity index (χ4n) is 2.52. The number of sulfonamides is 1. The second kappa shape index (κ2) is 8.29. The number of rotatable bonds is 6. The molecule has 1 saturated heterocycles. The van der Waals surface area contributed by atoms with Gasteiger partial charge in [-0.2, -0.15) is 0 Å². The average Bonchev–Trinajstić information content (AvgIpc) is 2.61. The zero-order valence-electron chi connectivity index (χ0n) is 14.0. The van der Waals surface area contributed by atoms with Crippen LogP contribution in [0.5, 0.6) is 5.88 Å². The Morgan fingerprint density at radius 3 is 2.62 bits per heavy atom. The van der Waals surface area contributed by atoms with Crippen LogP contribution >= 0.6 is 0 Å². The van der Waals surface area contributed by atoms with Crippen LogP contribution in [0.1, 0.15) is 25.3 Å². The highest BCUT2D eigenvalue weighted by Crippen LogP contribution is 2.14. The smallest absolute Gasteiger partial charge is 0.315 e. The molecule has 134 valence electrons. The minimum absolute atomic E-state index is 0.0118.